The number of nitrogens with two attached hydrogens (primary N) is 1. The Kier molecular flexibility index (Phi) is 8.09. The largest absolute Gasteiger partial charge is 0.377 e. The van der Waals surface area contributed by atoms with Crippen molar-refractivity contribution >= 4 is 66.6 Å². The van der Waals surface area contributed by atoms with E-state index in [1.165, 1.54) is 0 Å². The molecular weight excluding hydrogens is 548 g/mol. The number of fused-ring (bicyclic) bond motifs is 1. The second kappa shape index (κ2) is 10.8. The Hall–Kier alpha value is -2.39. The zero-order chi connectivity index (χ0) is 22.4. The molecule has 5 N–H and O–H groups in total. The number of hydrogen-bond acceptors (Lipinski definition) is 4. The molecule has 4 rings (SSSR count). The topological polar surface area (TPSA) is 96.2 Å². The smallest absolute Gasteiger partial charge is 0.333 e. The number of carbonyl (C=O) groups excluding carboxylic acids is 2. The third-order valence-electron chi connectivity index (χ3n) is 4.51. The number of halogens is 3. The summed E-state index contributed by atoms with van der Waals surface area (Å²) in [6.07, 6.45) is 0.453. The SMILES string of the molecule is NNC(=O)Nc1ccc(Br)cc1.O=C1CC(c2ccc(Br)cc2)Nc2ccc(Cl)cc21. The average Bonchev–Trinajstić information content (AvgIpc) is 2.76. The first-order valence-electron chi connectivity index (χ1n) is 9.23. The number of nitrogens with one attached hydrogen (secondary N) is 3. The number of ketones is 1. The van der Waals surface area contributed by atoms with Crippen molar-refractivity contribution in [2.45, 2.75) is 12.5 Å². The van der Waals surface area contributed by atoms with E-state index in [2.05, 4.69) is 42.5 Å². The van der Waals surface area contributed by atoms with Gasteiger partial charge in [0.25, 0.3) is 0 Å². The molecule has 1 aliphatic rings. The molecule has 1 heterocycles. The van der Waals surface area contributed by atoms with Gasteiger partial charge in [-0.05, 0) is 60.2 Å². The van der Waals surface area contributed by atoms with E-state index in [1.807, 2.05) is 47.9 Å². The van der Waals surface area contributed by atoms with E-state index in [0.717, 1.165) is 20.2 Å². The van der Waals surface area contributed by atoms with Crippen LogP contribution in [0.25, 0.3) is 0 Å². The molecule has 0 bridgehead atoms. The molecule has 0 aliphatic carbocycles. The van der Waals surface area contributed by atoms with Crippen molar-refractivity contribution in [1.82, 2.24) is 5.43 Å². The van der Waals surface area contributed by atoms with Crippen LogP contribution < -0.4 is 21.9 Å². The van der Waals surface area contributed by atoms with E-state index in [-0.39, 0.29) is 11.8 Å². The predicted molar refractivity (Wildman–Crippen MR) is 131 cm³/mol. The molecule has 2 amide bonds. The fourth-order valence-electron chi connectivity index (χ4n) is 3.00. The Labute approximate surface area is 201 Å². The fourth-order valence-corrected chi connectivity index (χ4v) is 3.70. The Morgan fingerprint density at radius 1 is 1.00 bits per heavy atom. The molecule has 6 nitrogen and oxygen atoms in total. The summed E-state index contributed by atoms with van der Waals surface area (Å²) in [6, 6.07) is 20.2. The second-order valence-corrected chi connectivity index (χ2v) is 8.94. The second-order valence-electron chi connectivity index (χ2n) is 6.67. The van der Waals surface area contributed by atoms with E-state index in [4.69, 9.17) is 17.4 Å². The zero-order valence-corrected chi connectivity index (χ0v) is 20.1. The fraction of sp³-hybridized carbons (Fsp3) is 0.0909. The van der Waals surface area contributed by atoms with E-state index in [1.54, 1.807) is 24.3 Å². The van der Waals surface area contributed by atoms with E-state index in [9.17, 15) is 9.59 Å². The maximum atomic E-state index is 12.2. The van der Waals surface area contributed by atoms with Crippen LogP contribution in [0, 0.1) is 0 Å². The molecule has 0 spiro atoms. The predicted octanol–water partition coefficient (Wildman–Crippen LogP) is 6.29. The van der Waals surface area contributed by atoms with Crippen molar-refractivity contribution < 1.29 is 9.59 Å². The number of amides is 2. The maximum Gasteiger partial charge on any atom is 0.333 e. The highest BCUT2D eigenvalue weighted by molar-refractivity contribution is 9.10. The van der Waals surface area contributed by atoms with Gasteiger partial charge in [0.05, 0.1) is 6.04 Å². The van der Waals surface area contributed by atoms with Gasteiger partial charge in [0.2, 0.25) is 0 Å². The molecule has 160 valence electrons. The average molecular weight is 567 g/mol. The van der Waals surface area contributed by atoms with Gasteiger partial charge < -0.3 is 10.6 Å². The van der Waals surface area contributed by atoms with Crippen molar-refractivity contribution in [2.75, 3.05) is 10.6 Å². The molecule has 0 radical (unpaired) electrons. The summed E-state index contributed by atoms with van der Waals surface area (Å²) in [5.74, 6) is 5.01. The van der Waals surface area contributed by atoms with Crippen LogP contribution in [-0.2, 0) is 0 Å². The number of anilines is 2. The summed E-state index contributed by atoms with van der Waals surface area (Å²) in [5.41, 5.74) is 5.31. The number of hydrazine groups is 1. The van der Waals surface area contributed by atoms with Crippen LogP contribution in [-0.4, -0.2) is 11.8 Å². The summed E-state index contributed by atoms with van der Waals surface area (Å²) in [7, 11) is 0. The summed E-state index contributed by atoms with van der Waals surface area (Å²) in [4.78, 5) is 22.9. The first-order chi connectivity index (χ1) is 14.9. The summed E-state index contributed by atoms with van der Waals surface area (Å²) >= 11 is 12.6. The lowest BCUT2D eigenvalue weighted by molar-refractivity contribution is 0.0972. The maximum absolute atomic E-state index is 12.2. The summed E-state index contributed by atoms with van der Waals surface area (Å²) < 4.78 is 1.99. The summed E-state index contributed by atoms with van der Waals surface area (Å²) in [6.45, 7) is 0. The van der Waals surface area contributed by atoms with Crippen molar-refractivity contribution in [3.05, 3.63) is 91.8 Å². The standard InChI is InChI=1S/C15H11BrClNO.C7H8BrN3O/c16-10-3-1-9(2-4-10)14-8-15(19)12-7-11(17)5-6-13(12)18-14;8-5-1-3-6(4-2-5)10-7(12)11-9/h1-7,14,18H,8H2;1-4H,9H2,(H2,10,11,12). The summed E-state index contributed by atoms with van der Waals surface area (Å²) in [5, 5.41) is 6.51. The van der Waals surface area contributed by atoms with Gasteiger partial charge in [-0.1, -0.05) is 55.6 Å². The molecule has 3 aromatic rings. The number of urea groups is 1. The first kappa shape index (κ1) is 23.3. The van der Waals surface area contributed by atoms with Gasteiger partial charge in [0, 0.05) is 37.3 Å². The van der Waals surface area contributed by atoms with Crippen LogP contribution in [0.2, 0.25) is 5.02 Å². The molecule has 1 atom stereocenters. The Bertz CT molecular complexity index is 1080. The van der Waals surface area contributed by atoms with Crippen molar-refractivity contribution in [1.29, 1.82) is 0 Å². The van der Waals surface area contributed by atoms with Crippen LogP contribution in [0.3, 0.4) is 0 Å². The van der Waals surface area contributed by atoms with Gasteiger partial charge in [-0.25, -0.2) is 10.6 Å². The van der Waals surface area contributed by atoms with Crippen LogP contribution in [0.15, 0.2) is 75.7 Å². The van der Waals surface area contributed by atoms with E-state index < -0.39 is 6.03 Å². The minimum absolute atomic E-state index is 0.0225. The van der Waals surface area contributed by atoms with Crippen molar-refractivity contribution in [2.24, 2.45) is 5.84 Å². The monoisotopic (exact) mass is 564 g/mol. The molecule has 0 fully saturated rings. The Morgan fingerprint density at radius 2 is 1.61 bits per heavy atom. The number of Topliss-reactive ketones (excluding diaryl/α,β-unsaturated/α-hetero) is 1. The van der Waals surface area contributed by atoms with Crippen LogP contribution in [0.1, 0.15) is 28.4 Å². The lowest BCUT2D eigenvalue weighted by Crippen LogP contribution is -2.34. The van der Waals surface area contributed by atoms with Gasteiger partial charge in [-0.15, -0.1) is 0 Å². The molecule has 0 aromatic heterocycles. The highest BCUT2D eigenvalue weighted by atomic mass is 79.9. The van der Waals surface area contributed by atoms with Gasteiger partial charge in [-0.2, -0.15) is 0 Å². The van der Waals surface area contributed by atoms with E-state index >= 15 is 0 Å². The van der Waals surface area contributed by atoms with Gasteiger partial charge in [-0.3, -0.25) is 10.2 Å². The number of hydrogen-bond donors (Lipinski definition) is 4. The number of carbonyl (C=O) groups is 2. The van der Waals surface area contributed by atoms with Crippen LogP contribution in [0.5, 0.6) is 0 Å². The van der Waals surface area contributed by atoms with Crippen LogP contribution in [0.4, 0.5) is 16.2 Å². The molecule has 1 aliphatic heterocycles. The molecule has 31 heavy (non-hydrogen) atoms. The van der Waals surface area contributed by atoms with Crippen molar-refractivity contribution in [3.63, 3.8) is 0 Å². The first-order valence-corrected chi connectivity index (χ1v) is 11.2. The molecule has 1 unspecified atom stereocenters. The zero-order valence-electron chi connectivity index (χ0n) is 16.2. The Morgan fingerprint density at radius 3 is 2.23 bits per heavy atom. The minimum Gasteiger partial charge on any atom is -0.377 e. The molecule has 3 aromatic carbocycles. The minimum atomic E-state index is -0.433. The van der Waals surface area contributed by atoms with E-state index in [0.29, 0.717) is 22.7 Å². The number of rotatable bonds is 2. The van der Waals surface area contributed by atoms with Gasteiger partial charge in [0.1, 0.15) is 0 Å². The molecule has 9 heteroatoms. The highest BCUT2D eigenvalue weighted by Crippen LogP contribution is 2.34. The third kappa shape index (κ3) is 6.54. The normalized spacial score (nSPS) is 14.5. The molecule has 0 saturated carbocycles. The number of benzene rings is 3. The Balaban J connectivity index is 0.000000196. The van der Waals surface area contributed by atoms with Gasteiger partial charge >= 0.3 is 6.03 Å². The lowest BCUT2D eigenvalue weighted by atomic mass is 9.92. The highest BCUT2D eigenvalue weighted by Gasteiger charge is 2.25. The molecule has 0 saturated heterocycles. The lowest BCUT2D eigenvalue weighted by Gasteiger charge is -2.26. The quantitative estimate of drug-likeness (QED) is 0.167. The van der Waals surface area contributed by atoms with Crippen molar-refractivity contribution in [3.8, 4) is 0 Å². The molecular formula is C22H19Br2ClN4O2. The third-order valence-corrected chi connectivity index (χ3v) is 5.80. The van der Waals surface area contributed by atoms with Gasteiger partial charge in [0.15, 0.2) is 5.78 Å². The van der Waals surface area contributed by atoms with Crippen LogP contribution >= 0.6 is 43.5 Å².